The Morgan fingerprint density at radius 2 is 1.80 bits per heavy atom. The average Bonchev–Trinajstić information content (AvgIpc) is 2.92. The van der Waals surface area contributed by atoms with E-state index in [2.05, 4.69) is 0 Å². The Balaban J connectivity index is 2.02. The number of hydrogen-bond donors (Lipinski definition) is 2. The van der Waals surface area contributed by atoms with Crippen molar-refractivity contribution in [2.24, 2.45) is 0 Å². The molecule has 0 saturated carbocycles. The van der Waals surface area contributed by atoms with Crippen molar-refractivity contribution in [3.8, 4) is 0 Å². The van der Waals surface area contributed by atoms with Crippen molar-refractivity contribution in [3.05, 3.63) is 0 Å². The van der Waals surface area contributed by atoms with E-state index in [0.717, 1.165) is 32.1 Å². The molecule has 0 aromatic heterocycles. The highest BCUT2D eigenvalue weighted by atomic mass is 16.4. The molecule has 0 aromatic carbocycles. The number of urea groups is 1. The minimum atomic E-state index is -0.899. The van der Waals surface area contributed by atoms with E-state index in [1.165, 1.54) is 4.90 Å². The van der Waals surface area contributed by atoms with Crippen LogP contribution in [0.1, 0.15) is 44.9 Å². The van der Waals surface area contributed by atoms with E-state index in [-0.39, 0.29) is 18.7 Å². The van der Waals surface area contributed by atoms with Crippen LogP contribution in [0.25, 0.3) is 0 Å². The number of carbonyl (C=O) groups excluding carboxylic acids is 1. The lowest BCUT2D eigenvalue weighted by molar-refractivity contribution is -0.143. The first-order valence-corrected chi connectivity index (χ1v) is 7.56. The second-order valence-electron chi connectivity index (χ2n) is 5.68. The van der Waals surface area contributed by atoms with Gasteiger partial charge in [-0.05, 0) is 44.9 Å². The smallest absolute Gasteiger partial charge is 0.326 e. The van der Waals surface area contributed by atoms with Gasteiger partial charge in [-0.3, -0.25) is 0 Å². The highest BCUT2D eigenvalue weighted by molar-refractivity contribution is 5.83. The fourth-order valence-electron chi connectivity index (χ4n) is 3.30. The lowest BCUT2D eigenvalue weighted by atomic mass is 10.0. The maximum atomic E-state index is 12.6. The summed E-state index contributed by atoms with van der Waals surface area (Å²) in [4.78, 5) is 27.3. The van der Waals surface area contributed by atoms with Crippen LogP contribution in [0.5, 0.6) is 0 Å². The van der Waals surface area contributed by atoms with Gasteiger partial charge in [-0.2, -0.15) is 0 Å². The lowest BCUT2D eigenvalue weighted by Gasteiger charge is -2.37. The van der Waals surface area contributed by atoms with Crippen LogP contribution in [0.4, 0.5) is 4.79 Å². The third-order valence-corrected chi connectivity index (χ3v) is 4.35. The Hall–Kier alpha value is -1.30. The van der Waals surface area contributed by atoms with Crippen molar-refractivity contribution >= 4 is 12.0 Å². The zero-order chi connectivity index (χ0) is 14.5. The van der Waals surface area contributed by atoms with Crippen molar-refractivity contribution in [2.75, 3.05) is 19.7 Å². The fourth-order valence-corrected chi connectivity index (χ4v) is 3.30. The normalized spacial score (nSPS) is 26.9. The molecule has 0 aliphatic carbocycles. The Morgan fingerprint density at radius 3 is 2.50 bits per heavy atom. The van der Waals surface area contributed by atoms with Gasteiger partial charge < -0.3 is 20.0 Å². The van der Waals surface area contributed by atoms with Gasteiger partial charge in [-0.1, -0.05) is 0 Å². The molecule has 2 aliphatic heterocycles. The summed E-state index contributed by atoms with van der Waals surface area (Å²) in [5.74, 6) is -0.899. The first-order chi connectivity index (χ1) is 9.65. The van der Waals surface area contributed by atoms with Crippen LogP contribution in [0, 0.1) is 0 Å². The Labute approximate surface area is 119 Å². The molecule has 2 heterocycles. The third kappa shape index (κ3) is 3.23. The molecule has 0 bridgehead atoms. The predicted molar refractivity (Wildman–Crippen MR) is 73.4 cm³/mol. The molecule has 2 unspecified atom stereocenters. The molecule has 2 rings (SSSR count). The molecule has 114 valence electrons. The van der Waals surface area contributed by atoms with Gasteiger partial charge in [-0.25, -0.2) is 9.59 Å². The van der Waals surface area contributed by atoms with Crippen LogP contribution in [0.2, 0.25) is 0 Å². The summed E-state index contributed by atoms with van der Waals surface area (Å²) in [6.45, 7) is 1.39. The number of amides is 2. The number of carbonyl (C=O) groups is 2. The minimum Gasteiger partial charge on any atom is -0.480 e. The lowest BCUT2D eigenvalue weighted by Crippen LogP contribution is -2.54. The second kappa shape index (κ2) is 6.92. The highest BCUT2D eigenvalue weighted by Gasteiger charge is 2.37. The van der Waals surface area contributed by atoms with Gasteiger partial charge in [0.25, 0.3) is 0 Å². The summed E-state index contributed by atoms with van der Waals surface area (Å²) in [6.07, 6.45) is 5.71. The van der Waals surface area contributed by atoms with Gasteiger partial charge >= 0.3 is 12.0 Å². The predicted octanol–water partition coefficient (Wildman–Crippen LogP) is 1.28. The van der Waals surface area contributed by atoms with Gasteiger partial charge in [-0.15, -0.1) is 0 Å². The van der Waals surface area contributed by atoms with Crippen LogP contribution in [0.15, 0.2) is 0 Å². The molecule has 2 atom stereocenters. The molecule has 2 amide bonds. The SMILES string of the molecule is O=C(O)C1CCCCN1C(=O)N1CCCC1CCCO. The molecule has 2 N–H and O–H groups in total. The molecular formula is C14H24N2O4. The molecular weight excluding hydrogens is 260 g/mol. The van der Waals surface area contributed by atoms with Crippen LogP contribution < -0.4 is 0 Å². The molecule has 2 aliphatic rings. The van der Waals surface area contributed by atoms with Crippen LogP contribution in [-0.2, 0) is 4.79 Å². The zero-order valence-electron chi connectivity index (χ0n) is 11.8. The Morgan fingerprint density at radius 1 is 1.05 bits per heavy atom. The number of carboxylic acids is 1. The van der Waals surface area contributed by atoms with Gasteiger partial charge in [0.1, 0.15) is 6.04 Å². The first-order valence-electron chi connectivity index (χ1n) is 7.56. The van der Waals surface area contributed by atoms with Crippen molar-refractivity contribution < 1.29 is 19.8 Å². The molecule has 6 heteroatoms. The molecule has 0 radical (unpaired) electrons. The van der Waals surface area contributed by atoms with E-state index < -0.39 is 12.0 Å². The number of aliphatic carboxylic acids is 1. The summed E-state index contributed by atoms with van der Waals surface area (Å²) in [5.41, 5.74) is 0. The molecule has 2 fully saturated rings. The number of aliphatic hydroxyl groups is 1. The highest BCUT2D eigenvalue weighted by Crippen LogP contribution is 2.26. The number of likely N-dealkylation sites (tertiary alicyclic amines) is 2. The number of carboxylic acid groups (broad SMARTS) is 1. The van der Waals surface area contributed by atoms with Crippen molar-refractivity contribution in [1.82, 2.24) is 9.80 Å². The molecule has 6 nitrogen and oxygen atoms in total. The number of nitrogens with zero attached hydrogens (tertiary/aromatic N) is 2. The Bertz CT molecular complexity index is 361. The standard InChI is InChI=1S/C14H24N2O4/c17-10-4-6-11-5-3-9-15(11)14(20)16-8-2-1-7-12(16)13(18)19/h11-12,17H,1-10H2,(H,18,19). The number of rotatable bonds is 4. The van der Waals surface area contributed by atoms with E-state index in [0.29, 0.717) is 25.9 Å². The number of piperidine rings is 1. The maximum absolute atomic E-state index is 12.6. The molecule has 0 spiro atoms. The van der Waals surface area contributed by atoms with Crippen LogP contribution >= 0.6 is 0 Å². The van der Waals surface area contributed by atoms with E-state index in [1.54, 1.807) is 0 Å². The van der Waals surface area contributed by atoms with E-state index in [4.69, 9.17) is 5.11 Å². The Kier molecular flexibility index (Phi) is 5.23. The van der Waals surface area contributed by atoms with Gasteiger partial charge in [0.15, 0.2) is 0 Å². The summed E-state index contributed by atoms with van der Waals surface area (Å²) in [6, 6.07) is -0.640. The maximum Gasteiger partial charge on any atom is 0.326 e. The average molecular weight is 284 g/mol. The van der Waals surface area contributed by atoms with E-state index in [1.807, 2.05) is 4.90 Å². The monoisotopic (exact) mass is 284 g/mol. The minimum absolute atomic E-state index is 0.127. The van der Waals surface area contributed by atoms with Crippen molar-refractivity contribution in [1.29, 1.82) is 0 Å². The quantitative estimate of drug-likeness (QED) is 0.815. The van der Waals surface area contributed by atoms with Gasteiger partial charge in [0.2, 0.25) is 0 Å². The van der Waals surface area contributed by atoms with Gasteiger partial charge in [0, 0.05) is 25.7 Å². The van der Waals surface area contributed by atoms with Gasteiger partial charge in [0.05, 0.1) is 0 Å². The fraction of sp³-hybridized carbons (Fsp3) is 0.857. The molecule has 20 heavy (non-hydrogen) atoms. The summed E-state index contributed by atoms with van der Waals surface area (Å²) in [5, 5.41) is 18.2. The van der Waals surface area contributed by atoms with Crippen molar-refractivity contribution in [2.45, 2.75) is 57.0 Å². The van der Waals surface area contributed by atoms with Crippen LogP contribution in [-0.4, -0.2) is 63.8 Å². The third-order valence-electron chi connectivity index (χ3n) is 4.35. The van der Waals surface area contributed by atoms with Crippen LogP contribution in [0.3, 0.4) is 0 Å². The van der Waals surface area contributed by atoms with E-state index >= 15 is 0 Å². The summed E-state index contributed by atoms with van der Waals surface area (Å²) < 4.78 is 0. The topological polar surface area (TPSA) is 81.1 Å². The largest absolute Gasteiger partial charge is 0.480 e. The summed E-state index contributed by atoms with van der Waals surface area (Å²) >= 11 is 0. The van der Waals surface area contributed by atoms with Crippen molar-refractivity contribution in [3.63, 3.8) is 0 Å². The summed E-state index contributed by atoms with van der Waals surface area (Å²) in [7, 11) is 0. The first kappa shape index (κ1) is 15.1. The number of hydrogen-bond acceptors (Lipinski definition) is 3. The second-order valence-corrected chi connectivity index (χ2v) is 5.68. The van der Waals surface area contributed by atoms with E-state index in [9.17, 15) is 14.7 Å². The molecule has 0 aromatic rings. The number of aliphatic hydroxyl groups excluding tert-OH is 1. The zero-order valence-corrected chi connectivity index (χ0v) is 11.8. The molecule has 2 saturated heterocycles.